The molecule has 2 amide bonds. The molecule has 9 nitrogen and oxygen atoms in total. The predicted octanol–water partition coefficient (Wildman–Crippen LogP) is 6.14. The number of nitrogens with one attached hydrogen (secondary N) is 1. The van der Waals surface area contributed by atoms with E-state index in [-0.39, 0.29) is 31.7 Å². The highest BCUT2D eigenvalue weighted by Gasteiger charge is 2.39. The summed E-state index contributed by atoms with van der Waals surface area (Å²) in [6.07, 6.45) is 0.440. The minimum Gasteiger partial charge on any atom is -0.480 e. The van der Waals surface area contributed by atoms with Gasteiger partial charge in [-0.05, 0) is 47.2 Å². The van der Waals surface area contributed by atoms with Crippen molar-refractivity contribution in [3.63, 3.8) is 0 Å². The molecule has 48 heavy (non-hydrogen) atoms. The number of carbonyl (C=O) groups excluding carboxylic acids is 2. The van der Waals surface area contributed by atoms with Gasteiger partial charge in [-0.2, -0.15) is 0 Å². The lowest BCUT2D eigenvalue weighted by atomic mass is 9.82. The molecule has 0 saturated carbocycles. The van der Waals surface area contributed by atoms with Gasteiger partial charge in [-0.1, -0.05) is 86.7 Å². The van der Waals surface area contributed by atoms with Gasteiger partial charge in [0.2, 0.25) is 5.91 Å². The van der Waals surface area contributed by atoms with Crippen molar-refractivity contribution in [3.05, 3.63) is 120 Å². The Labute approximate surface area is 282 Å². The van der Waals surface area contributed by atoms with E-state index in [0.29, 0.717) is 16.8 Å². The number of alkyl carbamates (subject to hydrolysis) is 1. The van der Waals surface area contributed by atoms with Gasteiger partial charge in [-0.3, -0.25) is 4.79 Å². The van der Waals surface area contributed by atoms with E-state index in [1.807, 2.05) is 30.3 Å². The molecule has 0 saturated heterocycles. The van der Waals surface area contributed by atoms with Crippen molar-refractivity contribution in [3.8, 4) is 11.1 Å². The van der Waals surface area contributed by atoms with Gasteiger partial charge in [0.15, 0.2) is 0 Å². The number of carboxylic acid groups (broad SMARTS) is 1. The van der Waals surface area contributed by atoms with Crippen LogP contribution in [0.1, 0.15) is 43.1 Å². The summed E-state index contributed by atoms with van der Waals surface area (Å²) < 4.78 is 36.3. The fourth-order valence-corrected chi connectivity index (χ4v) is 5.60. The number of rotatable bonds is 15. The Balaban J connectivity index is 1.71. The summed E-state index contributed by atoms with van der Waals surface area (Å²) in [6.45, 7) is 2.62. The largest absolute Gasteiger partial charge is 0.480 e. The molecule has 0 fully saturated rings. The number of aliphatic hydroxyl groups is 1. The molecule has 0 aliphatic rings. The fourth-order valence-electron chi connectivity index (χ4n) is 5.47. The third kappa shape index (κ3) is 9.11. The van der Waals surface area contributed by atoms with Crippen LogP contribution in [0.15, 0.2) is 91.1 Å². The van der Waals surface area contributed by atoms with E-state index >= 15 is 4.39 Å². The molecule has 2 atom stereocenters. The highest BCUT2D eigenvalue weighted by Crippen LogP contribution is 2.41. The van der Waals surface area contributed by atoms with Crippen molar-refractivity contribution in [2.45, 2.75) is 45.5 Å². The monoisotopic (exact) mass is 677 g/mol. The molecule has 0 aliphatic carbocycles. The van der Waals surface area contributed by atoms with E-state index in [1.54, 1.807) is 61.0 Å². The number of halogens is 2. The second kappa shape index (κ2) is 16.2. The van der Waals surface area contributed by atoms with Gasteiger partial charge in [0.1, 0.15) is 30.9 Å². The molecule has 1 aromatic heterocycles. The minimum absolute atomic E-state index is 0.00571. The first-order valence-electron chi connectivity index (χ1n) is 15.2. The standard InChI is InChI=1S/C36H37F2N3O6S/c1-36(2,23-48)33(31-17-26(28-18-27(37)13-14-29(28)38)20-40(31)19-24-9-5-3-6-10-24)41(32(43)21-42)16-15-30(34(44)45)39-35(46)47-22-25-11-7-4-8-12-25/h3-14,17-18,20,23,30,33,42H,15-16,19,21-22H2,1-2H3,(H,39,46)(H,44,45)/t30-,33?/m0/s1. The Morgan fingerprint density at radius 2 is 1.65 bits per heavy atom. The molecule has 0 spiro atoms. The van der Waals surface area contributed by atoms with Gasteiger partial charge in [0.05, 0.1) is 6.04 Å². The van der Waals surface area contributed by atoms with Crippen LogP contribution in [0, 0.1) is 17.0 Å². The molecule has 4 aromatic rings. The summed E-state index contributed by atoms with van der Waals surface area (Å²) in [4.78, 5) is 39.5. The number of carbonyl (C=O) groups is 3. The molecule has 0 radical (unpaired) electrons. The maximum Gasteiger partial charge on any atom is 0.408 e. The van der Waals surface area contributed by atoms with Gasteiger partial charge in [-0.15, -0.1) is 0 Å². The van der Waals surface area contributed by atoms with E-state index in [0.717, 1.165) is 23.8 Å². The zero-order chi connectivity index (χ0) is 34.8. The van der Waals surface area contributed by atoms with E-state index < -0.39 is 53.7 Å². The maximum atomic E-state index is 15.0. The Kier molecular flexibility index (Phi) is 12.2. The van der Waals surface area contributed by atoms with Crippen LogP contribution in [0.25, 0.3) is 11.1 Å². The van der Waals surface area contributed by atoms with Crippen molar-refractivity contribution >= 4 is 35.6 Å². The summed E-state index contributed by atoms with van der Waals surface area (Å²) >= 11 is 5.41. The lowest BCUT2D eigenvalue weighted by molar-refractivity contribution is -0.142. The molecule has 0 bridgehead atoms. The average molecular weight is 678 g/mol. The topological polar surface area (TPSA) is 121 Å². The van der Waals surface area contributed by atoms with Gasteiger partial charge in [0.25, 0.3) is 0 Å². The highest BCUT2D eigenvalue weighted by molar-refractivity contribution is 7.79. The van der Waals surface area contributed by atoms with E-state index in [2.05, 4.69) is 5.32 Å². The molecular weight excluding hydrogens is 640 g/mol. The number of hydrogen-bond donors (Lipinski definition) is 3. The zero-order valence-electron chi connectivity index (χ0n) is 26.5. The Morgan fingerprint density at radius 1 is 1.00 bits per heavy atom. The molecule has 12 heteroatoms. The number of aromatic nitrogens is 1. The van der Waals surface area contributed by atoms with Crippen LogP contribution in [-0.2, 0) is 27.5 Å². The molecular formula is C36H37F2N3O6S. The normalized spacial score (nSPS) is 12.5. The van der Waals surface area contributed by atoms with Crippen LogP contribution in [0.2, 0.25) is 0 Å². The third-order valence-electron chi connectivity index (χ3n) is 7.88. The number of nitrogens with zero attached hydrogens (tertiary/aromatic N) is 2. The number of benzene rings is 3. The SMILES string of the molecule is CC(C)(C=S)C(c1cc(-c2cc(F)ccc2F)cn1Cc1ccccc1)N(CC[C@H](NC(=O)OCc1ccccc1)C(=O)O)C(=O)CO. The Hall–Kier alpha value is -4.94. The Bertz CT molecular complexity index is 1730. The first-order valence-corrected chi connectivity index (χ1v) is 15.7. The summed E-state index contributed by atoms with van der Waals surface area (Å²) in [6, 6.07) is 20.6. The first kappa shape index (κ1) is 35.9. The predicted molar refractivity (Wildman–Crippen MR) is 180 cm³/mol. The van der Waals surface area contributed by atoms with Crippen molar-refractivity contribution < 1.29 is 38.1 Å². The van der Waals surface area contributed by atoms with Crippen molar-refractivity contribution in [2.75, 3.05) is 13.2 Å². The number of aliphatic carboxylic acids is 1. The van der Waals surface area contributed by atoms with Crippen LogP contribution in [0.4, 0.5) is 13.6 Å². The van der Waals surface area contributed by atoms with Crippen LogP contribution >= 0.6 is 12.2 Å². The quantitative estimate of drug-likeness (QED) is 0.129. The van der Waals surface area contributed by atoms with Gasteiger partial charge < -0.3 is 29.7 Å². The number of carboxylic acids is 1. The van der Waals surface area contributed by atoms with E-state index in [4.69, 9.17) is 17.0 Å². The lowest BCUT2D eigenvalue weighted by Crippen LogP contribution is -2.48. The van der Waals surface area contributed by atoms with Crippen LogP contribution < -0.4 is 5.32 Å². The Morgan fingerprint density at radius 3 is 2.25 bits per heavy atom. The van der Waals surface area contributed by atoms with Crippen molar-refractivity contribution in [1.29, 1.82) is 0 Å². The van der Waals surface area contributed by atoms with E-state index in [1.165, 1.54) is 10.3 Å². The smallest absolute Gasteiger partial charge is 0.408 e. The molecule has 4 rings (SSSR count). The van der Waals surface area contributed by atoms with Crippen LogP contribution in [0.5, 0.6) is 0 Å². The molecule has 1 heterocycles. The summed E-state index contributed by atoms with van der Waals surface area (Å²) in [5.41, 5.74) is 1.44. The second-order valence-electron chi connectivity index (χ2n) is 11.9. The fraction of sp³-hybridized carbons (Fsp3) is 0.278. The molecule has 3 aromatic carbocycles. The van der Waals surface area contributed by atoms with Gasteiger partial charge >= 0.3 is 12.1 Å². The summed E-state index contributed by atoms with van der Waals surface area (Å²) in [7, 11) is 0. The number of hydrogen-bond acceptors (Lipinski definition) is 6. The summed E-state index contributed by atoms with van der Waals surface area (Å²) in [5, 5.41) is 23.8. The van der Waals surface area contributed by atoms with Crippen molar-refractivity contribution in [2.24, 2.45) is 5.41 Å². The number of ether oxygens (including phenoxy) is 1. The van der Waals surface area contributed by atoms with Crippen LogP contribution in [-0.4, -0.2) is 62.2 Å². The van der Waals surface area contributed by atoms with Gasteiger partial charge in [-0.25, -0.2) is 18.4 Å². The van der Waals surface area contributed by atoms with Crippen molar-refractivity contribution in [1.82, 2.24) is 14.8 Å². The molecule has 252 valence electrons. The maximum absolute atomic E-state index is 15.0. The average Bonchev–Trinajstić information content (AvgIpc) is 3.48. The highest BCUT2D eigenvalue weighted by atomic mass is 32.1. The number of amides is 2. The first-order chi connectivity index (χ1) is 22.9. The van der Waals surface area contributed by atoms with E-state index in [9.17, 15) is 29.0 Å². The number of thiocarbonyl (C=S) groups is 1. The minimum atomic E-state index is -1.45. The lowest BCUT2D eigenvalue weighted by Gasteiger charge is -2.41. The zero-order valence-corrected chi connectivity index (χ0v) is 27.3. The third-order valence-corrected chi connectivity index (χ3v) is 8.49. The number of aliphatic hydroxyl groups excluding tert-OH is 1. The molecule has 1 unspecified atom stereocenters. The molecule has 0 aliphatic heterocycles. The second-order valence-corrected chi connectivity index (χ2v) is 12.1. The molecule has 3 N–H and O–H groups in total. The van der Waals surface area contributed by atoms with Crippen LogP contribution in [0.3, 0.4) is 0 Å². The van der Waals surface area contributed by atoms with Gasteiger partial charge in [0, 0.05) is 41.5 Å². The summed E-state index contributed by atoms with van der Waals surface area (Å²) in [5.74, 6) is -3.37.